The molecule has 0 radical (unpaired) electrons. The fraction of sp³-hybridized carbons (Fsp3) is 0.741. The zero-order chi connectivity index (χ0) is 21.2. The predicted molar refractivity (Wildman–Crippen MR) is 126 cm³/mol. The van der Waals surface area contributed by atoms with Crippen LogP contribution in [0, 0.1) is 23.7 Å². The lowest BCUT2D eigenvalue weighted by Gasteiger charge is -2.54. The summed E-state index contributed by atoms with van der Waals surface area (Å²) in [5, 5.41) is 4.39. The topological polar surface area (TPSA) is 32.3 Å². The van der Waals surface area contributed by atoms with Gasteiger partial charge in [0.15, 0.2) is 0 Å². The van der Waals surface area contributed by atoms with E-state index in [-0.39, 0.29) is 11.4 Å². The second-order valence-corrected chi connectivity index (χ2v) is 12.0. The van der Waals surface area contributed by atoms with Gasteiger partial charge in [0.25, 0.3) is 0 Å². The molecule has 6 aliphatic rings. The van der Waals surface area contributed by atoms with E-state index in [0.717, 1.165) is 54.6 Å². The van der Waals surface area contributed by atoms with E-state index >= 15 is 0 Å². The van der Waals surface area contributed by atoms with Crippen LogP contribution in [-0.2, 0) is 5.41 Å². The number of hydrogen-bond donors (Lipinski definition) is 1. The number of hydrogen-bond acceptors (Lipinski definition) is 1. The number of fused-ring (bicyclic) bond motifs is 2. The summed E-state index contributed by atoms with van der Waals surface area (Å²) < 4.78 is 0. The molecule has 4 saturated carbocycles. The monoisotopic (exact) mass is 440 g/mol. The van der Waals surface area contributed by atoms with E-state index in [4.69, 9.17) is 11.6 Å². The molecule has 1 aromatic carbocycles. The molecule has 2 amide bonds. The van der Waals surface area contributed by atoms with Gasteiger partial charge in [-0.25, -0.2) is 4.79 Å². The van der Waals surface area contributed by atoms with Crippen molar-refractivity contribution in [1.82, 2.24) is 10.2 Å². The lowest BCUT2D eigenvalue weighted by molar-refractivity contribution is -0.0115. The Bertz CT molecular complexity index is 831. The van der Waals surface area contributed by atoms with Gasteiger partial charge in [-0.3, -0.25) is 0 Å². The first-order valence-corrected chi connectivity index (χ1v) is 13.3. The Hall–Kier alpha value is -1.22. The maximum Gasteiger partial charge on any atom is 0.317 e. The van der Waals surface area contributed by atoms with Crippen molar-refractivity contribution in [3.05, 3.63) is 34.3 Å². The summed E-state index contributed by atoms with van der Waals surface area (Å²) in [4.78, 5) is 15.4. The van der Waals surface area contributed by atoms with Crippen molar-refractivity contribution in [2.24, 2.45) is 23.7 Å². The average Bonchev–Trinajstić information content (AvgIpc) is 3.03. The highest BCUT2D eigenvalue weighted by Gasteiger charge is 2.50. The average molecular weight is 441 g/mol. The summed E-state index contributed by atoms with van der Waals surface area (Å²) in [6.45, 7) is 4.05. The minimum Gasteiger partial charge on any atom is -0.335 e. The SMILES string of the molecule is CCCC1CC2(CCN(C(=O)NC3C4CC5CC(C4)CC3C5)CC2)c2cc(Cl)ccc21. The van der Waals surface area contributed by atoms with Crippen molar-refractivity contribution < 1.29 is 4.79 Å². The number of benzene rings is 1. The summed E-state index contributed by atoms with van der Waals surface area (Å²) in [6.07, 6.45) is 12.8. The molecule has 1 aromatic rings. The minimum atomic E-state index is 0.210. The lowest BCUT2D eigenvalue weighted by atomic mass is 9.54. The first kappa shape index (κ1) is 20.4. The van der Waals surface area contributed by atoms with Crippen molar-refractivity contribution in [3.8, 4) is 0 Å². The van der Waals surface area contributed by atoms with E-state index in [9.17, 15) is 4.79 Å². The molecule has 1 N–H and O–H groups in total. The quantitative estimate of drug-likeness (QED) is 0.571. The molecular weight excluding hydrogens is 404 g/mol. The number of nitrogens with zero attached hydrogens (tertiary/aromatic N) is 1. The lowest BCUT2D eigenvalue weighted by Crippen LogP contribution is -2.59. The molecule has 1 aliphatic heterocycles. The van der Waals surface area contributed by atoms with E-state index < -0.39 is 0 Å². The van der Waals surface area contributed by atoms with Gasteiger partial charge in [0.2, 0.25) is 0 Å². The zero-order valence-corrected chi connectivity index (χ0v) is 19.7. The smallest absolute Gasteiger partial charge is 0.317 e. The molecule has 3 nitrogen and oxygen atoms in total. The van der Waals surface area contributed by atoms with Crippen LogP contribution in [0.5, 0.6) is 0 Å². The van der Waals surface area contributed by atoms with Gasteiger partial charge in [-0.05, 0) is 116 Å². The Balaban J connectivity index is 1.13. The van der Waals surface area contributed by atoms with E-state index in [0.29, 0.717) is 12.0 Å². The van der Waals surface area contributed by atoms with Crippen LogP contribution in [0.4, 0.5) is 4.79 Å². The highest BCUT2D eigenvalue weighted by atomic mass is 35.5. The van der Waals surface area contributed by atoms with Crippen LogP contribution >= 0.6 is 11.6 Å². The molecule has 31 heavy (non-hydrogen) atoms. The second kappa shape index (κ2) is 7.68. The maximum absolute atomic E-state index is 13.3. The van der Waals surface area contributed by atoms with Crippen LogP contribution in [0.15, 0.2) is 18.2 Å². The molecule has 5 fully saturated rings. The molecule has 1 atom stereocenters. The number of urea groups is 1. The Labute approximate surface area is 192 Å². The number of amides is 2. The van der Waals surface area contributed by atoms with Crippen LogP contribution < -0.4 is 5.32 Å². The molecule has 168 valence electrons. The standard InChI is InChI=1S/C27H37ClN2O/c1-2-3-19-16-27(24-15-22(28)4-5-23(19)24)6-8-30(9-7-27)26(31)29-25-20-11-17-10-18(13-20)14-21(25)12-17/h4-5,15,17-21,25H,2-3,6-14,16H2,1H3,(H,29,31). The normalized spacial score (nSPS) is 37.3. The highest BCUT2D eigenvalue weighted by molar-refractivity contribution is 6.30. The molecular formula is C27H37ClN2O. The van der Waals surface area contributed by atoms with Crippen LogP contribution in [0.3, 0.4) is 0 Å². The van der Waals surface area contributed by atoms with Crippen molar-refractivity contribution in [3.63, 3.8) is 0 Å². The van der Waals surface area contributed by atoms with E-state index in [1.54, 1.807) is 0 Å². The van der Waals surface area contributed by atoms with Gasteiger partial charge >= 0.3 is 6.03 Å². The molecule has 0 aromatic heterocycles. The second-order valence-electron chi connectivity index (χ2n) is 11.6. The fourth-order valence-corrected chi connectivity index (χ4v) is 8.82. The van der Waals surface area contributed by atoms with E-state index in [1.165, 1.54) is 62.5 Å². The first-order valence-electron chi connectivity index (χ1n) is 12.9. The third-order valence-corrected chi connectivity index (χ3v) is 10.1. The number of piperidine rings is 1. The first-order chi connectivity index (χ1) is 15.0. The van der Waals surface area contributed by atoms with Crippen LogP contribution in [0.2, 0.25) is 5.02 Å². The molecule has 1 heterocycles. The summed E-state index contributed by atoms with van der Waals surface area (Å²) in [6, 6.07) is 7.22. The summed E-state index contributed by atoms with van der Waals surface area (Å²) in [5.41, 5.74) is 3.23. The van der Waals surface area contributed by atoms with Gasteiger partial charge in [0.05, 0.1) is 0 Å². The Morgan fingerprint density at radius 2 is 1.77 bits per heavy atom. The van der Waals surface area contributed by atoms with Gasteiger partial charge in [0, 0.05) is 24.2 Å². The summed E-state index contributed by atoms with van der Waals surface area (Å²) >= 11 is 6.42. The number of likely N-dealkylation sites (tertiary alicyclic amines) is 1. The van der Waals surface area contributed by atoms with Crippen molar-refractivity contribution >= 4 is 17.6 Å². The fourth-order valence-electron chi connectivity index (χ4n) is 8.65. The highest BCUT2D eigenvalue weighted by Crippen LogP contribution is 2.55. The number of rotatable bonds is 3. The zero-order valence-electron chi connectivity index (χ0n) is 18.9. The van der Waals surface area contributed by atoms with Crippen LogP contribution in [0.1, 0.15) is 88.2 Å². The largest absolute Gasteiger partial charge is 0.335 e. The van der Waals surface area contributed by atoms with Crippen LogP contribution in [-0.4, -0.2) is 30.1 Å². The number of halogens is 1. The molecule has 5 aliphatic carbocycles. The number of nitrogens with one attached hydrogen (secondary N) is 1. The summed E-state index contributed by atoms with van der Waals surface area (Å²) in [5.74, 6) is 4.06. The van der Waals surface area contributed by atoms with Crippen LogP contribution in [0.25, 0.3) is 0 Å². The third-order valence-electron chi connectivity index (χ3n) is 9.83. The summed E-state index contributed by atoms with van der Waals surface area (Å²) in [7, 11) is 0. The number of carbonyl (C=O) groups excluding carboxylic acids is 1. The molecule has 4 bridgehead atoms. The minimum absolute atomic E-state index is 0.210. The Kier molecular flexibility index (Phi) is 5.05. The molecule has 1 spiro atoms. The van der Waals surface area contributed by atoms with Gasteiger partial charge in [0.1, 0.15) is 0 Å². The molecule has 1 unspecified atom stereocenters. The van der Waals surface area contributed by atoms with Crippen molar-refractivity contribution in [2.45, 2.75) is 88.5 Å². The van der Waals surface area contributed by atoms with Gasteiger partial charge in [-0.2, -0.15) is 0 Å². The predicted octanol–water partition coefficient (Wildman–Crippen LogP) is 6.50. The van der Waals surface area contributed by atoms with Gasteiger partial charge in [-0.15, -0.1) is 0 Å². The van der Waals surface area contributed by atoms with Crippen molar-refractivity contribution in [2.75, 3.05) is 13.1 Å². The Morgan fingerprint density at radius 3 is 2.42 bits per heavy atom. The molecule has 1 saturated heterocycles. The van der Waals surface area contributed by atoms with Gasteiger partial charge < -0.3 is 10.2 Å². The van der Waals surface area contributed by atoms with E-state index in [1.807, 2.05) is 0 Å². The van der Waals surface area contributed by atoms with Gasteiger partial charge in [-0.1, -0.05) is 31.0 Å². The van der Waals surface area contributed by atoms with E-state index in [2.05, 4.69) is 35.3 Å². The molecule has 4 heteroatoms. The number of carbonyl (C=O) groups is 1. The molecule has 7 rings (SSSR count). The third kappa shape index (κ3) is 3.41. The maximum atomic E-state index is 13.3. The van der Waals surface area contributed by atoms with Crippen molar-refractivity contribution in [1.29, 1.82) is 0 Å². The Morgan fingerprint density at radius 1 is 1.10 bits per heavy atom.